The van der Waals surface area contributed by atoms with Gasteiger partial charge >= 0.3 is 0 Å². The number of benzene rings is 1. The quantitative estimate of drug-likeness (QED) is 0.784. The molecular weight excluding hydrogens is 200 g/mol. The lowest BCUT2D eigenvalue weighted by Gasteiger charge is -2.04. The molecule has 0 bridgehead atoms. The summed E-state index contributed by atoms with van der Waals surface area (Å²) in [6.07, 6.45) is 2.24. The van der Waals surface area contributed by atoms with Crippen molar-refractivity contribution in [2.75, 3.05) is 13.7 Å². The first-order chi connectivity index (χ1) is 6.83. The fraction of sp³-hybridized carbons (Fsp3) is 0.455. The molecule has 14 heavy (non-hydrogen) atoms. The highest BCUT2D eigenvalue weighted by Gasteiger charge is 1.93. The first kappa shape index (κ1) is 13.3. The van der Waals surface area contributed by atoms with Crippen molar-refractivity contribution in [1.82, 2.24) is 0 Å². The Bertz CT molecular complexity index is 238. The fourth-order valence-electron chi connectivity index (χ4n) is 0.891. The summed E-state index contributed by atoms with van der Waals surface area (Å²) in [4.78, 5) is 0. The third-order valence-corrected chi connectivity index (χ3v) is 1.80. The second kappa shape index (κ2) is 8.85. The Morgan fingerprint density at radius 2 is 2.07 bits per heavy atom. The van der Waals surface area contributed by atoms with E-state index in [9.17, 15) is 0 Å². The van der Waals surface area contributed by atoms with E-state index in [4.69, 9.17) is 21.4 Å². The van der Waals surface area contributed by atoms with Crippen LogP contribution in [0.2, 0.25) is 5.02 Å². The van der Waals surface area contributed by atoms with Gasteiger partial charge in [-0.25, -0.2) is 0 Å². The Morgan fingerprint density at radius 3 is 2.64 bits per heavy atom. The van der Waals surface area contributed by atoms with Gasteiger partial charge in [0, 0.05) is 12.1 Å². The van der Waals surface area contributed by atoms with Crippen LogP contribution in [0.15, 0.2) is 24.3 Å². The topological polar surface area (TPSA) is 29.5 Å². The SMILES string of the molecule is CCCCOc1cccc(Cl)c1.CO. The Kier molecular flexibility index (Phi) is 8.39. The predicted octanol–water partition coefficient (Wildman–Crippen LogP) is 3.13. The molecule has 2 nitrogen and oxygen atoms in total. The number of hydrogen-bond donors (Lipinski definition) is 1. The molecule has 80 valence electrons. The van der Waals surface area contributed by atoms with E-state index in [2.05, 4.69) is 6.92 Å². The number of unbranched alkanes of at least 4 members (excludes halogenated alkanes) is 1. The second-order valence-electron chi connectivity index (χ2n) is 2.66. The first-order valence-electron chi connectivity index (χ1n) is 4.66. The molecule has 0 amide bonds. The largest absolute Gasteiger partial charge is 0.494 e. The summed E-state index contributed by atoms with van der Waals surface area (Å²) in [7, 11) is 1.00. The van der Waals surface area contributed by atoms with Crippen LogP contribution in [0.25, 0.3) is 0 Å². The number of aliphatic hydroxyl groups excluding tert-OH is 1. The number of ether oxygens (including phenoxy) is 1. The van der Waals surface area contributed by atoms with Gasteiger partial charge in [-0.05, 0) is 24.6 Å². The molecule has 0 saturated heterocycles. The third-order valence-electron chi connectivity index (χ3n) is 1.56. The van der Waals surface area contributed by atoms with Crippen LogP contribution in [0.3, 0.4) is 0 Å². The summed E-state index contributed by atoms with van der Waals surface area (Å²) in [6.45, 7) is 2.91. The Morgan fingerprint density at radius 1 is 1.36 bits per heavy atom. The normalized spacial score (nSPS) is 8.86. The van der Waals surface area contributed by atoms with Gasteiger partial charge in [-0.2, -0.15) is 0 Å². The van der Waals surface area contributed by atoms with Crippen LogP contribution >= 0.6 is 11.6 Å². The van der Waals surface area contributed by atoms with Gasteiger partial charge in [0.15, 0.2) is 0 Å². The van der Waals surface area contributed by atoms with E-state index in [0.29, 0.717) is 0 Å². The first-order valence-corrected chi connectivity index (χ1v) is 5.04. The van der Waals surface area contributed by atoms with Gasteiger partial charge in [-0.15, -0.1) is 0 Å². The van der Waals surface area contributed by atoms with Gasteiger partial charge in [0.1, 0.15) is 5.75 Å². The van der Waals surface area contributed by atoms with Crippen LogP contribution < -0.4 is 4.74 Å². The van der Waals surface area contributed by atoms with Crippen molar-refractivity contribution in [3.05, 3.63) is 29.3 Å². The maximum Gasteiger partial charge on any atom is 0.120 e. The van der Waals surface area contributed by atoms with Gasteiger partial charge in [0.2, 0.25) is 0 Å². The van der Waals surface area contributed by atoms with Crippen molar-refractivity contribution in [3.63, 3.8) is 0 Å². The molecule has 0 heterocycles. The Labute approximate surface area is 90.5 Å². The summed E-state index contributed by atoms with van der Waals surface area (Å²) >= 11 is 5.78. The summed E-state index contributed by atoms with van der Waals surface area (Å²) < 4.78 is 5.44. The second-order valence-corrected chi connectivity index (χ2v) is 3.10. The minimum atomic E-state index is 0.726. The highest BCUT2D eigenvalue weighted by Crippen LogP contribution is 2.17. The molecule has 1 rings (SSSR count). The number of hydrogen-bond acceptors (Lipinski definition) is 2. The number of halogens is 1. The number of aliphatic hydroxyl groups is 1. The highest BCUT2D eigenvalue weighted by molar-refractivity contribution is 6.30. The fourth-order valence-corrected chi connectivity index (χ4v) is 1.07. The zero-order valence-electron chi connectivity index (χ0n) is 8.66. The standard InChI is InChI=1S/C10H13ClO.CH4O/c1-2-3-7-12-10-6-4-5-9(11)8-10;1-2/h4-6,8H,2-3,7H2,1H3;2H,1H3. The molecule has 0 aliphatic heterocycles. The van der Waals surface area contributed by atoms with E-state index in [1.54, 1.807) is 0 Å². The van der Waals surface area contributed by atoms with E-state index in [1.165, 1.54) is 0 Å². The smallest absolute Gasteiger partial charge is 0.120 e. The van der Waals surface area contributed by atoms with Crippen LogP contribution in [0.4, 0.5) is 0 Å². The Hall–Kier alpha value is -0.730. The molecule has 1 aromatic rings. The summed E-state index contributed by atoms with van der Waals surface area (Å²) in [5, 5.41) is 7.73. The van der Waals surface area contributed by atoms with Crippen molar-refractivity contribution in [3.8, 4) is 5.75 Å². The maximum atomic E-state index is 7.00. The van der Waals surface area contributed by atoms with E-state index in [0.717, 1.165) is 37.3 Å². The average molecular weight is 217 g/mol. The van der Waals surface area contributed by atoms with Gasteiger partial charge in [0.05, 0.1) is 6.61 Å². The zero-order valence-corrected chi connectivity index (χ0v) is 9.42. The summed E-state index contributed by atoms with van der Waals surface area (Å²) in [6, 6.07) is 7.48. The highest BCUT2D eigenvalue weighted by atomic mass is 35.5. The molecule has 0 saturated carbocycles. The minimum absolute atomic E-state index is 0.726. The van der Waals surface area contributed by atoms with Gasteiger partial charge in [-0.1, -0.05) is 31.0 Å². The van der Waals surface area contributed by atoms with Crippen LogP contribution in [-0.2, 0) is 0 Å². The monoisotopic (exact) mass is 216 g/mol. The molecular formula is C11H17ClO2. The lowest BCUT2D eigenvalue weighted by Crippen LogP contribution is -1.95. The minimum Gasteiger partial charge on any atom is -0.494 e. The van der Waals surface area contributed by atoms with Gasteiger partial charge < -0.3 is 9.84 Å². The van der Waals surface area contributed by atoms with Crippen LogP contribution in [0.1, 0.15) is 19.8 Å². The van der Waals surface area contributed by atoms with Gasteiger partial charge in [0.25, 0.3) is 0 Å². The summed E-state index contributed by atoms with van der Waals surface area (Å²) in [5.41, 5.74) is 0. The predicted molar refractivity (Wildman–Crippen MR) is 60.0 cm³/mol. The average Bonchev–Trinajstić information content (AvgIpc) is 2.21. The molecule has 0 unspecified atom stereocenters. The van der Waals surface area contributed by atoms with E-state index in [1.807, 2.05) is 24.3 Å². The molecule has 3 heteroatoms. The van der Waals surface area contributed by atoms with E-state index in [-0.39, 0.29) is 0 Å². The summed E-state index contributed by atoms with van der Waals surface area (Å²) in [5.74, 6) is 0.857. The maximum absolute atomic E-state index is 7.00. The molecule has 0 aliphatic rings. The van der Waals surface area contributed by atoms with Gasteiger partial charge in [-0.3, -0.25) is 0 Å². The molecule has 1 aromatic carbocycles. The molecule has 0 aliphatic carbocycles. The van der Waals surface area contributed by atoms with Crippen molar-refractivity contribution >= 4 is 11.6 Å². The third kappa shape index (κ3) is 5.84. The van der Waals surface area contributed by atoms with Crippen molar-refractivity contribution in [2.45, 2.75) is 19.8 Å². The van der Waals surface area contributed by atoms with Crippen molar-refractivity contribution in [2.24, 2.45) is 0 Å². The molecule has 0 fully saturated rings. The van der Waals surface area contributed by atoms with Crippen LogP contribution in [-0.4, -0.2) is 18.8 Å². The van der Waals surface area contributed by atoms with E-state index < -0.39 is 0 Å². The van der Waals surface area contributed by atoms with Crippen molar-refractivity contribution in [1.29, 1.82) is 0 Å². The zero-order chi connectivity index (χ0) is 10.8. The van der Waals surface area contributed by atoms with Crippen LogP contribution in [0, 0.1) is 0 Å². The molecule has 0 atom stereocenters. The van der Waals surface area contributed by atoms with E-state index >= 15 is 0 Å². The number of rotatable bonds is 4. The lowest BCUT2D eigenvalue weighted by molar-refractivity contribution is 0.309. The van der Waals surface area contributed by atoms with Crippen LogP contribution in [0.5, 0.6) is 5.75 Å². The molecule has 0 radical (unpaired) electrons. The van der Waals surface area contributed by atoms with Crippen molar-refractivity contribution < 1.29 is 9.84 Å². The molecule has 0 aromatic heterocycles. The lowest BCUT2D eigenvalue weighted by atomic mass is 10.3. The Balaban J connectivity index is 0.000000791. The molecule has 1 N–H and O–H groups in total. The molecule has 0 spiro atoms.